The fourth-order valence-corrected chi connectivity index (χ4v) is 4.32. The van der Waals surface area contributed by atoms with Crippen molar-refractivity contribution < 1.29 is 19.4 Å². The van der Waals surface area contributed by atoms with Crippen LogP contribution < -0.4 is 0 Å². The molecule has 1 N–H and O–H groups in total. The second-order valence-electron chi connectivity index (χ2n) is 8.14. The summed E-state index contributed by atoms with van der Waals surface area (Å²) in [6, 6.07) is 0. The van der Waals surface area contributed by atoms with Crippen LogP contribution in [0.2, 0.25) is 0 Å². The van der Waals surface area contributed by atoms with Crippen molar-refractivity contribution in [1.82, 2.24) is 4.90 Å². The molecule has 1 spiro atoms. The number of nitrogens with zero attached hydrogens (tertiary/aromatic N) is 1. The maximum atomic E-state index is 12.0. The van der Waals surface area contributed by atoms with Crippen LogP contribution in [0.1, 0.15) is 59.8 Å². The van der Waals surface area contributed by atoms with Crippen molar-refractivity contribution in [2.45, 2.75) is 59.8 Å². The molecule has 0 atom stereocenters. The number of likely N-dealkylation sites (tertiary alicyclic amines) is 1. The van der Waals surface area contributed by atoms with E-state index in [1.807, 2.05) is 6.92 Å². The van der Waals surface area contributed by atoms with E-state index in [1.54, 1.807) is 0 Å². The summed E-state index contributed by atoms with van der Waals surface area (Å²) in [4.78, 5) is 24.6. The topological polar surface area (TPSA) is 66.8 Å². The van der Waals surface area contributed by atoms with Crippen LogP contribution in [0.4, 0.5) is 4.79 Å². The van der Waals surface area contributed by atoms with Crippen LogP contribution in [0.15, 0.2) is 0 Å². The van der Waals surface area contributed by atoms with E-state index in [-0.39, 0.29) is 22.2 Å². The van der Waals surface area contributed by atoms with Gasteiger partial charge in [0.05, 0.1) is 13.0 Å². The van der Waals surface area contributed by atoms with Gasteiger partial charge in [0.2, 0.25) is 0 Å². The number of piperidine rings is 1. The van der Waals surface area contributed by atoms with E-state index in [0.29, 0.717) is 26.1 Å². The first-order valence-electron chi connectivity index (χ1n) is 8.27. The molecule has 2 fully saturated rings. The first-order chi connectivity index (χ1) is 10.1. The zero-order valence-corrected chi connectivity index (χ0v) is 14.3. The second kappa shape index (κ2) is 5.74. The Morgan fingerprint density at radius 1 is 1.18 bits per heavy atom. The van der Waals surface area contributed by atoms with Crippen LogP contribution in [-0.2, 0) is 9.53 Å². The van der Waals surface area contributed by atoms with Crippen molar-refractivity contribution in [3.63, 3.8) is 0 Å². The number of amides is 1. The molecule has 0 aromatic carbocycles. The van der Waals surface area contributed by atoms with Gasteiger partial charge in [0, 0.05) is 13.1 Å². The molecule has 2 aliphatic rings. The average molecular weight is 311 g/mol. The molecule has 1 saturated heterocycles. The predicted molar refractivity (Wildman–Crippen MR) is 83.6 cm³/mol. The van der Waals surface area contributed by atoms with Gasteiger partial charge >= 0.3 is 12.1 Å². The molecule has 5 heteroatoms. The standard InChI is InChI=1S/C17H29NO4/c1-5-22-13(19)10-17(15(2,3)4)11-16(12-17)6-8-18(9-7-16)14(20)21/h5-12H2,1-4H3,(H,20,21). The number of rotatable bonds is 3. The molecule has 0 unspecified atom stereocenters. The van der Waals surface area contributed by atoms with E-state index in [1.165, 1.54) is 4.90 Å². The minimum Gasteiger partial charge on any atom is -0.466 e. The highest BCUT2D eigenvalue weighted by Gasteiger charge is 2.60. The van der Waals surface area contributed by atoms with E-state index in [0.717, 1.165) is 25.7 Å². The summed E-state index contributed by atoms with van der Waals surface area (Å²) in [5, 5.41) is 9.07. The average Bonchev–Trinajstić information content (AvgIpc) is 2.36. The molecule has 0 aromatic heterocycles. The van der Waals surface area contributed by atoms with Crippen LogP contribution in [0, 0.1) is 16.2 Å². The Balaban J connectivity index is 2.02. The van der Waals surface area contributed by atoms with Crippen molar-refractivity contribution in [3.05, 3.63) is 0 Å². The lowest BCUT2D eigenvalue weighted by Gasteiger charge is -2.64. The normalized spacial score (nSPS) is 23.0. The maximum Gasteiger partial charge on any atom is 0.407 e. The Morgan fingerprint density at radius 2 is 1.73 bits per heavy atom. The fourth-order valence-electron chi connectivity index (χ4n) is 4.32. The SMILES string of the molecule is CCOC(=O)CC1(C(C)(C)C)CC2(CCN(C(=O)O)CC2)C1. The zero-order valence-electron chi connectivity index (χ0n) is 14.3. The van der Waals surface area contributed by atoms with Gasteiger partial charge in [-0.1, -0.05) is 20.8 Å². The quantitative estimate of drug-likeness (QED) is 0.810. The smallest absolute Gasteiger partial charge is 0.407 e. The third-order valence-corrected chi connectivity index (χ3v) is 5.90. The lowest BCUT2D eigenvalue weighted by molar-refractivity contribution is -0.170. The van der Waals surface area contributed by atoms with E-state index in [9.17, 15) is 9.59 Å². The molecule has 2 rings (SSSR count). The molecule has 0 radical (unpaired) electrons. The first-order valence-corrected chi connectivity index (χ1v) is 8.27. The Bertz CT molecular complexity index is 436. The highest BCUT2D eigenvalue weighted by molar-refractivity contribution is 5.70. The van der Waals surface area contributed by atoms with Gasteiger partial charge < -0.3 is 14.7 Å². The van der Waals surface area contributed by atoms with E-state index < -0.39 is 6.09 Å². The highest BCUT2D eigenvalue weighted by atomic mass is 16.5. The molecule has 1 aliphatic carbocycles. The first kappa shape index (κ1) is 17.1. The van der Waals surface area contributed by atoms with Gasteiger partial charge in [-0.2, -0.15) is 0 Å². The summed E-state index contributed by atoms with van der Waals surface area (Å²) in [5.41, 5.74) is 0.269. The Hall–Kier alpha value is -1.26. The minimum atomic E-state index is -0.817. The summed E-state index contributed by atoms with van der Waals surface area (Å²) in [7, 11) is 0. The number of ether oxygens (including phenoxy) is 1. The molecule has 22 heavy (non-hydrogen) atoms. The molecule has 0 aromatic rings. The Kier molecular flexibility index (Phi) is 4.46. The molecule has 1 aliphatic heterocycles. The van der Waals surface area contributed by atoms with Crippen LogP contribution in [0.5, 0.6) is 0 Å². The third-order valence-electron chi connectivity index (χ3n) is 5.90. The van der Waals surface area contributed by atoms with Crippen LogP contribution in [-0.4, -0.2) is 41.8 Å². The fraction of sp³-hybridized carbons (Fsp3) is 0.882. The predicted octanol–water partition coefficient (Wildman–Crippen LogP) is 3.53. The molecular weight excluding hydrogens is 282 g/mol. The van der Waals surface area contributed by atoms with Crippen LogP contribution in [0.25, 0.3) is 0 Å². The number of carbonyl (C=O) groups is 2. The van der Waals surface area contributed by atoms with Crippen molar-refractivity contribution in [3.8, 4) is 0 Å². The molecular formula is C17H29NO4. The zero-order chi connectivity index (χ0) is 16.6. The number of esters is 1. The molecule has 1 heterocycles. The maximum absolute atomic E-state index is 12.0. The molecule has 0 bridgehead atoms. The van der Waals surface area contributed by atoms with Crippen molar-refractivity contribution in [2.75, 3.05) is 19.7 Å². The van der Waals surface area contributed by atoms with Crippen molar-refractivity contribution in [1.29, 1.82) is 0 Å². The van der Waals surface area contributed by atoms with Gasteiger partial charge in [0.25, 0.3) is 0 Å². The van der Waals surface area contributed by atoms with Gasteiger partial charge in [-0.25, -0.2) is 4.79 Å². The third kappa shape index (κ3) is 3.08. The van der Waals surface area contributed by atoms with Gasteiger partial charge in [0.1, 0.15) is 0 Å². The molecule has 5 nitrogen and oxygen atoms in total. The van der Waals surface area contributed by atoms with Crippen LogP contribution >= 0.6 is 0 Å². The molecule has 1 amide bonds. The van der Waals surface area contributed by atoms with E-state index in [2.05, 4.69) is 20.8 Å². The van der Waals surface area contributed by atoms with Crippen molar-refractivity contribution in [2.24, 2.45) is 16.2 Å². The van der Waals surface area contributed by atoms with E-state index >= 15 is 0 Å². The lowest BCUT2D eigenvalue weighted by atomic mass is 9.42. The monoisotopic (exact) mass is 311 g/mol. The van der Waals surface area contributed by atoms with Crippen LogP contribution in [0.3, 0.4) is 0 Å². The summed E-state index contributed by atoms with van der Waals surface area (Å²) < 4.78 is 5.17. The molecule has 1 saturated carbocycles. The number of carboxylic acid groups (broad SMARTS) is 1. The summed E-state index contributed by atoms with van der Waals surface area (Å²) >= 11 is 0. The van der Waals surface area contributed by atoms with Crippen molar-refractivity contribution >= 4 is 12.1 Å². The second-order valence-corrected chi connectivity index (χ2v) is 8.14. The highest BCUT2D eigenvalue weighted by Crippen LogP contribution is 2.67. The van der Waals surface area contributed by atoms with Gasteiger partial charge in [-0.15, -0.1) is 0 Å². The Labute approximate surface area is 133 Å². The van der Waals surface area contributed by atoms with Gasteiger partial charge in [0.15, 0.2) is 0 Å². The minimum absolute atomic E-state index is 0.00928. The summed E-state index contributed by atoms with van der Waals surface area (Å²) in [6.07, 6.45) is 3.52. The largest absolute Gasteiger partial charge is 0.466 e. The summed E-state index contributed by atoms with van der Waals surface area (Å²) in [6.45, 7) is 10.1. The lowest BCUT2D eigenvalue weighted by Crippen LogP contribution is -2.58. The van der Waals surface area contributed by atoms with E-state index in [4.69, 9.17) is 9.84 Å². The summed E-state index contributed by atoms with van der Waals surface area (Å²) in [5.74, 6) is -0.102. The number of hydrogen-bond acceptors (Lipinski definition) is 3. The Morgan fingerprint density at radius 3 is 2.14 bits per heavy atom. The number of carbonyl (C=O) groups excluding carboxylic acids is 1. The van der Waals surface area contributed by atoms with Gasteiger partial charge in [-0.05, 0) is 48.9 Å². The van der Waals surface area contributed by atoms with Gasteiger partial charge in [-0.3, -0.25) is 4.79 Å². The molecule has 126 valence electrons. The number of hydrogen-bond donors (Lipinski definition) is 1.